The fourth-order valence-electron chi connectivity index (χ4n) is 2.78. The lowest BCUT2D eigenvalue weighted by atomic mass is 10.1. The maximum Gasteiger partial charge on any atom is 0.417 e. The summed E-state index contributed by atoms with van der Waals surface area (Å²) in [6.07, 6.45) is -3.22. The molecule has 24 heavy (non-hydrogen) atoms. The van der Waals surface area contributed by atoms with Gasteiger partial charge in [0.15, 0.2) is 0 Å². The molecule has 1 aliphatic heterocycles. The molecule has 0 aliphatic carbocycles. The van der Waals surface area contributed by atoms with Crippen molar-refractivity contribution in [2.75, 3.05) is 38.1 Å². The molecular formula is C15H15F3N4O2. The van der Waals surface area contributed by atoms with E-state index in [1.165, 1.54) is 12.3 Å². The van der Waals surface area contributed by atoms with Crippen LogP contribution in [0.25, 0.3) is 10.9 Å². The number of hydrogen-bond acceptors (Lipinski definition) is 5. The number of halogens is 3. The third-order valence-corrected chi connectivity index (χ3v) is 4.16. The predicted octanol–water partition coefficient (Wildman–Crippen LogP) is 2.91. The third-order valence-electron chi connectivity index (χ3n) is 4.16. The fourth-order valence-corrected chi connectivity index (χ4v) is 2.78. The Hall–Kier alpha value is -2.42. The molecule has 0 N–H and O–H groups in total. The largest absolute Gasteiger partial charge is 0.417 e. The van der Waals surface area contributed by atoms with Crippen molar-refractivity contribution in [2.45, 2.75) is 6.18 Å². The standard InChI is InChI=1S/C15H15F3N4O2/c1-20-2-4-21(5-3-20)11-6-12-13(15(16,17)18)7-10(22(23)24)8-14(12)19-9-11/h6-9H,2-5H2,1H3. The van der Waals surface area contributed by atoms with E-state index in [9.17, 15) is 23.3 Å². The minimum absolute atomic E-state index is 0.0330. The van der Waals surface area contributed by atoms with Gasteiger partial charge in [0, 0.05) is 43.7 Å². The maximum absolute atomic E-state index is 13.3. The van der Waals surface area contributed by atoms with E-state index in [1.54, 1.807) is 0 Å². The van der Waals surface area contributed by atoms with Crippen LogP contribution in [-0.2, 0) is 6.18 Å². The lowest BCUT2D eigenvalue weighted by molar-refractivity contribution is -0.385. The molecule has 3 rings (SSSR count). The summed E-state index contributed by atoms with van der Waals surface area (Å²) in [6, 6.07) is 3.05. The molecule has 1 aromatic carbocycles. The number of rotatable bonds is 2. The Balaban J connectivity index is 2.11. The van der Waals surface area contributed by atoms with Crippen LogP contribution in [0.2, 0.25) is 0 Å². The van der Waals surface area contributed by atoms with Gasteiger partial charge in [0.25, 0.3) is 5.69 Å². The average Bonchev–Trinajstić information content (AvgIpc) is 2.53. The van der Waals surface area contributed by atoms with Gasteiger partial charge in [-0.3, -0.25) is 15.1 Å². The molecular weight excluding hydrogens is 325 g/mol. The molecule has 0 bridgehead atoms. The molecule has 1 fully saturated rings. The number of anilines is 1. The zero-order valence-electron chi connectivity index (χ0n) is 12.9. The lowest BCUT2D eigenvalue weighted by Gasteiger charge is -2.34. The lowest BCUT2D eigenvalue weighted by Crippen LogP contribution is -2.44. The number of alkyl halides is 3. The predicted molar refractivity (Wildman–Crippen MR) is 83.1 cm³/mol. The first-order chi connectivity index (χ1) is 11.3. The maximum atomic E-state index is 13.3. The molecule has 0 amide bonds. The normalized spacial score (nSPS) is 16.6. The molecule has 0 radical (unpaired) electrons. The summed E-state index contributed by atoms with van der Waals surface area (Å²) in [5, 5.41) is 10.7. The Kier molecular flexibility index (Phi) is 4.04. The van der Waals surface area contributed by atoms with Gasteiger partial charge < -0.3 is 9.80 Å². The number of nitrogens with zero attached hydrogens (tertiary/aromatic N) is 4. The van der Waals surface area contributed by atoms with Crippen LogP contribution < -0.4 is 4.90 Å². The van der Waals surface area contributed by atoms with Crippen molar-refractivity contribution in [1.29, 1.82) is 0 Å². The quantitative estimate of drug-likeness (QED) is 0.621. The smallest absolute Gasteiger partial charge is 0.368 e. The number of fused-ring (bicyclic) bond motifs is 1. The number of aromatic nitrogens is 1. The van der Waals surface area contributed by atoms with Crippen molar-refractivity contribution in [3.8, 4) is 0 Å². The van der Waals surface area contributed by atoms with Crippen molar-refractivity contribution in [2.24, 2.45) is 0 Å². The monoisotopic (exact) mass is 340 g/mol. The molecule has 9 heteroatoms. The number of benzene rings is 1. The summed E-state index contributed by atoms with van der Waals surface area (Å²) in [6.45, 7) is 3.00. The van der Waals surface area contributed by atoms with Crippen molar-refractivity contribution >= 4 is 22.3 Å². The highest BCUT2D eigenvalue weighted by Crippen LogP contribution is 2.38. The van der Waals surface area contributed by atoms with Gasteiger partial charge in [-0.05, 0) is 13.1 Å². The molecule has 6 nitrogen and oxygen atoms in total. The van der Waals surface area contributed by atoms with Gasteiger partial charge in [0.2, 0.25) is 0 Å². The fraction of sp³-hybridized carbons (Fsp3) is 0.400. The highest BCUT2D eigenvalue weighted by atomic mass is 19.4. The van der Waals surface area contributed by atoms with Gasteiger partial charge in [0.05, 0.1) is 27.9 Å². The molecule has 1 aliphatic rings. The summed E-state index contributed by atoms with van der Waals surface area (Å²) in [4.78, 5) is 18.2. The second kappa shape index (κ2) is 5.90. The number of nitro groups is 1. The number of non-ortho nitro benzene ring substituents is 1. The van der Waals surface area contributed by atoms with E-state index < -0.39 is 22.4 Å². The minimum atomic E-state index is -4.69. The zero-order valence-corrected chi connectivity index (χ0v) is 12.9. The minimum Gasteiger partial charge on any atom is -0.368 e. The van der Waals surface area contributed by atoms with Gasteiger partial charge in [-0.1, -0.05) is 0 Å². The number of nitro benzene ring substituents is 1. The van der Waals surface area contributed by atoms with Crippen LogP contribution in [0.15, 0.2) is 24.4 Å². The molecule has 1 aromatic heterocycles. The van der Waals surface area contributed by atoms with Crippen LogP contribution in [0.5, 0.6) is 0 Å². The highest BCUT2D eigenvalue weighted by molar-refractivity contribution is 5.87. The van der Waals surface area contributed by atoms with E-state index in [0.717, 1.165) is 19.2 Å². The zero-order chi connectivity index (χ0) is 17.5. The van der Waals surface area contributed by atoms with Crippen LogP contribution >= 0.6 is 0 Å². The van der Waals surface area contributed by atoms with E-state index in [1.807, 2.05) is 11.9 Å². The van der Waals surface area contributed by atoms with Gasteiger partial charge in [-0.2, -0.15) is 13.2 Å². The van der Waals surface area contributed by atoms with Gasteiger partial charge in [0.1, 0.15) is 0 Å². The first-order valence-electron chi connectivity index (χ1n) is 7.34. The van der Waals surface area contributed by atoms with Gasteiger partial charge in [-0.25, -0.2) is 0 Å². The Labute approximate surface area is 135 Å². The number of likely N-dealkylation sites (N-methyl/N-ethyl adjacent to an activating group) is 1. The Bertz CT molecular complexity index is 786. The number of piperazine rings is 1. The van der Waals surface area contributed by atoms with Gasteiger partial charge >= 0.3 is 6.18 Å². The topological polar surface area (TPSA) is 62.5 Å². The van der Waals surface area contributed by atoms with E-state index in [0.29, 0.717) is 24.8 Å². The van der Waals surface area contributed by atoms with E-state index in [-0.39, 0.29) is 10.9 Å². The van der Waals surface area contributed by atoms with Gasteiger partial charge in [-0.15, -0.1) is 0 Å². The van der Waals surface area contributed by atoms with Crippen LogP contribution in [0, 0.1) is 10.1 Å². The molecule has 0 saturated carbocycles. The van der Waals surface area contributed by atoms with E-state index in [2.05, 4.69) is 9.88 Å². The SMILES string of the molecule is CN1CCN(c2cnc3cc([N+](=O)[O-])cc(C(F)(F)F)c3c2)CC1. The summed E-state index contributed by atoms with van der Waals surface area (Å²) in [5.41, 5.74) is -1.09. The molecule has 128 valence electrons. The van der Waals surface area contributed by atoms with Crippen LogP contribution in [0.1, 0.15) is 5.56 Å². The average molecular weight is 340 g/mol. The summed E-state index contributed by atoms with van der Waals surface area (Å²) in [5.74, 6) is 0. The summed E-state index contributed by atoms with van der Waals surface area (Å²) < 4.78 is 39.9. The Morgan fingerprint density at radius 3 is 2.42 bits per heavy atom. The first-order valence-corrected chi connectivity index (χ1v) is 7.34. The Morgan fingerprint density at radius 2 is 1.83 bits per heavy atom. The molecule has 0 spiro atoms. The van der Waals surface area contributed by atoms with Crippen molar-refractivity contribution in [1.82, 2.24) is 9.88 Å². The molecule has 0 unspecified atom stereocenters. The number of pyridine rings is 1. The second-order valence-electron chi connectivity index (χ2n) is 5.80. The molecule has 0 atom stereocenters. The van der Waals surface area contributed by atoms with E-state index in [4.69, 9.17) is 0 Å². The molecule has 2 aromatic rings. The van der Waals surface area contributed by atoms with Crippen LogP contribution in [-0.4, -0.2) is 48.0 Å². The summed E-state index contributed by atoms with van der Waals surface area (Å²) >= 11 is 0. The summed E-state index contributed by atoms with van der Waals surface area (Å²) in [7, 11) is 1.98. The first kappa shape index (κ1) is 16.4. The molecule has 2 heterocycles. The number of hydrogen-bond donors (Lipinski definition) is 0. The van der Waals surface area contributed by atoms with Crippen molar-refractivity contribution < 1.29 is 18.1 Å². The highest BCUT2D eigenvalue weighted by Gasteiger charge is 2.35. The molecule has 1 saturated heterocycles. The second-order valence-corrected chi connectivity index (χ2v) is 5.80. The Morgan fingerprint density at radius 1 is 1.17 bits per heavy atom. The van der Waals surface area contributed by atoms with E-state index >= 15 is 0 Å². The van der Waals surface area contributed by atoms with Crippen molar-refractivity contribution in [3.63, 3.8) is 0 Å². The van der Waals surface area contributed by atoms with Crippen LogP contribution in [0.3, 0.4) is 0 Å². The van der Waals surface area contributed by atoms with Crippen LogP contribution in [0.4, 0.5) is 24.5 Å². The van der Waals surface area contributed by atoms with Crippen molar-refractivity contribution in [3.05, 3.63) is 40.1 Å². The third kappa shape index (κ3) is 3.12.